The fourth-order valence-electron chi connectivity index (χ4n) is 2.01. The first-order valence-electron chi connectivity index (χ1n) is 5.31. The predicted octanol–water partition coefficient (Wildman–Crippen LogP) is -0.521. The van der Waals surface area contributed by atoms with Gasteiger partial charge in [0.15, 0.2) is 0 Å². The van der Waals surface area contributed by atoms with Crippen LogP contribution < -0.4 is 11.1 Å². The molecule has 0 aliphatic heterocycles. The fourth-order valence-corrected chi connectivity index (χ4v) is 2.01. The number of nitrogens with one attached hydrogen (secondary N) is 1. The van der Waals surface area contributed by atoms with Crippen molar-refractivity contribution in [3.63, 3.8) is 0 Å². The van der Waals surface area contributed by atoms with Gasteiger partial charge in [0.2, 0.25) is 11.8 Å². The molecule has 0 aromatic rings. The van der Waals surface area contributed by atoms with Gasteiger partial charge in [-0.1, -0.05) is 6.42 Å². The van der Waals surface area contributed by atoms with Gasteiger partial charge >= 0.3 is 5.97 Å². The third-order valence-electron chi connectivity index (χ3n) is 2.84. The van der Waals surface area contributed by atoms with E-state index in [4.69, 9.17) is 10.8 Å². The minimum atomic E-state index is -0.924. The Morgan fingerprint density at radius 1 is 1.25 bits per heavy atom. The van der Waals surface area contributed by atoms with Crippen molar-refractivity contribution in [1.29, 1.82) is 0 Å². The van der Waals surface area contributed by atoms with E-state index < -0.39 is 23.7 Å². The summed E-state index contributed by atoms with van der Waals surface area (Å²) in [4.78, 5) is 32.9. The quantitative estimate of drug-likeness (QED) is 0.588. The number of rotatable bonds is 5. The first kappa shape index (κ1) is 12.5. The van der Waals surface area contributed by atoms with Crippen LogP contribution in [0.25, 0.3) is 0 Å². The number of carboxylic acids is 1. The molecule has 1 rings (SSSR count). The third-order valence-corrected chi connectivity index (χ3v) is 2.84. The Kier molecular flexibility index (Phi) is 4.28. The number of hydrogen-bond acceptors (Lipinski definition) is 3. The van der Waals surface area contributed by atoms with Crippen molar-refractivity contribution < 1.29 is 19.5 Å². The Hall–Kier alpha value is -1.59. The SMILES string of the molecule is NC(=O)CCNC(=O)C1CCCC1C(=O)O. The average Bonchev–Trinajstić information content (AvgIpc) is 2.65. The zero-order valence-electron chi connectivity index (χ0n) is 8.94. The summed E-state index contributed by atoms with van der Waals surface area (Å²) in [5.41, 5.74) is 4.92. The molecule has 0 heterocycles. The second kappa shape index (κ2) is 5.48. The Balaban J connectivity index is 2.41. The number of primary amides is 1. The molecule has 0 radical (unpaired) electrons. The van der Waals surface area contributed by atoms with E-state index in [1.54, 1.807) is 0 Å². The smallest absolute Gasteiger partial charge is 0.307 e. The van der Waals surface area contributed by atoms with Crippen LogP contribution in [0.4, 0.5) is 0 Å². The van der Waals surface area contributed by atoms with E-state index in [0.29, 0.717) is 12.8 Å². The van der Waals surface area contributed by atoms with Crippen LogP contribution in [0.1, 0.15) is 25.7 Å². The lowest BCUT2D eigenvalue weighted by molar-refractivity contribution is -0.146. The molecule has 2 atom stereocenters. The Bertz CT molecular complexity index is 303. The molecule has 4 N–H and O–H groups in total. The Morgan fingerprint density at radius 3 is 2.44 bits per heavy atom. The van der Waals surface area contributed by atoms with E-state index in [2.05, 4.69) is 5.32 Å². The molecule has 2 unspecified atom stereocenters. The van der Waals surface area contributed by atoms with Gasteiger partial charge in [0.25, 0.3) is 0 Å². The molecule has 1 fully saturated rings. The van der Waals surface area contributed by atoms with Crippen LogP contribution in [-0.4, -0.2) is 29.4 Å². The molecule has 0 aromatic carbocycles. The molecule has 90 valence electrons. The number of carbonyl (C=O) groups is 3. The number of aliphatic carboxylic acids is 1. The first-order chi connectivity index (χ1) is 7.52. The number of carboxylic acid groups (broad SMARTS) is 1. The molecule has 0 bridgehead atoms. The monoisotopic (exact) mass is 228 g/mol. The average molecular weight is 228 g/mol. The summed E-state index contributed by atoms with van der Waals surface area (Å²) >= 11 is 0. The van der Waals surface area contributed by atoms with Gasteiger partial charge < -0.3 is 16.2 Å². The maximum atomic E-state index is 11.6. The van der Waals surface area contributed by atoms with E-state index >= 15 is 0 Å². The van der Waals surface area contributed by atoms with Crippen molar-refractivity contribution >= 4 is 17.8 Å². The van der Waals surface area contributed by atoms with Gasteiger partial charge in [0, 0.05) is 13.0 Å². The van der Waals surface area contributed by atoms with Gasteiger partial charge in [-0.2, -0.15) is 0 Å². The Labute approximate surface area is 93.2 Å². The van der Waals surface area contributed by atoms with Crippen LogP contribution in [0.15, 0.2) is 0 Å². The van der Waals surface area contributed by atoms with Gasteiger partial charge in [-0.05, 0) is 12.8 Å². The van der Waals surface area contributed by atoms with Gasteiger partial charge in [-0.25, -0.2) is 0 Å². The van der Waals surface area contributed by atoms with Crippen LogP contribution in [-0.2, 0) is 14.4 Å². The molecule has 0 spiro atoms. The highest BCUT2D eigenvalue weighted by Crippen LogP contribution is 2.31. The largest absolute Gasteiger partial charge is 0.481 e. The number of carbonyl (C=O) groups excluding carboxylic acids is 2. The third kappa shape index (κ3) is 3.22. The first-order valence-corrected chi connectivity index (χ1v) is 5.31. The maximum absolute atomic E-state index is 11.6. The molecule has 2 amide bonds. The normalized spacial score (nSPS) is 24.0. The topological polar surface area (TPSA) is 109 Å². The van der Waals surface area contributed by atoms with Gasteiger partial charge in [0.1, 0.15) is 0 Å². The van der Waals surface area contributed by atoms with Crippen molar-refractivity contribution in [2.45, 2.75) is 25.7 Å². The second-order valence-electron chi connectivity index (χ2n) is 3.99. The van der Waals surface area contributed by atoms with Crippen LogP contribution in [0.3, 0.4) is 0 Å². The highest BCUT2D eigenvalue weighted by Gasteiger charge is 2.37. The highest BCUT2D eigenvalue weighted by atomic mass is 16.4. The summed E-state index contributed by atoms with van der Waals surface area (Å²) in [5.74, 6) is -2.75. The molecule has 16 heavy (non-hydrogen) atoms. The van der Waals surface area contributed by atoms with E-state index in [0.717, 1.165) is 6.42 Å². The summed E-state index contributed by atoms with van der Waals surface area (Å²) in [6, 6.07) is 0. The predicted molar refractivity (Wildman–Crippen MR) is 55.3 cm³/mol. The lowest BCUT2D eigenvalue weighted by Gasteiger charge is -2.14. The van der Waals surface area contributed by atoms with Crippen molar-refractivity contribution in [3.05, 3.63) is 0 Å². The van der Waals surface area contributed by atoms with E-state index in [1.807, 2.05) is 0 Å². The van der Waals surface area contributed by atoms with Gasteiger partial charge in [-0.15, -0.1) is 0 Å². The number of amides is 2. The summed E-state index contributed by atoms with van der Waals surface area (Å²) in [6.07, 6.45) is 1.98. The van der Waals surface area contributed by atoms with E-state index in [1.165, 1.54) is 0 Å². The van der Waals surface area contributed by atoms with Crippen molar-refractivity contribution in [1.82, 2.24) is 5.32 Å². The molecule has 0 aromatic heterocycles. The highest BCUT2D eigenvalue weighted by molar-refractivity contribution is 5.85. The van der Waals surface area contributed by atoms with Gasteiger partial charge in [0.05, 0.1) is 11.8 Å². The zero-order chi connectivity index (χ0) is 12.1. The Morgan fingerprint density at radius 2 is 1.88 bits per heavy atom. The van der Waals surface area contributed by atoms with Crippen LogP contribution >= 0.6 is 0 Å². The summed E-state index contributed by atoms with van der Waals surface area (Å²) in [6.45, 7) is 0.178. The minimum Gasteiger partial charge on any atom is -0.481 e. The zero-order valence-corrected chi connectivity index (χ0v) is 8.94. The van der Waals surface area contributed by atoms with Crippen LogP contribution in [0.2, 0.25) is 0 Å². The summed E-state index contributed by atoms with van der Waals surface area (Å²) in [7, 11) is 0. The maximum Gasteiger partial charge on any atom is 0.307 e. The fraction of sp³-hybridized carbons (Fsp3) is 0.700. The molecule has 1 saturated carbocycles. The van der Waals surface area contributed by atoms with Crippen molar-refractivity contribution in [2.75, 3.05) is 6.54 Å². The van der Waals surface area contributed by atoms with E-state index in [9.17, 15) is 14.4 Å². The molecule has 6 nitrogen and oxygen atoms in total. The molecule has 0 saturated heterocycles. The van der Waals surface area contributed by atoms with Crippen molar-refractivity contribution in [2.24, 2.45) is 17.6 Å². The lowest BCUT2D eigenvalue weighted by atomic mass is 9.95. The summed E-state index contributed by atoms with van der Waals surface area (Å²) in [5, 5.41) is 11.4. The molecular formula is C10H16N2O4. The molecular weight excluding hydrogens is 212 g/mol. The minimum absolute atomic E-state index is 0.0796. The number of hydrogen-bond donors (Lipinski definition) is 3. The van der Waals surface area contributed by atoms with Gasteiger partial charge in [-0.3, -0.25) is 14.4 Å². The van der Waals surface area contributed by atoms with Crippen LogP contribution in [0.5, 0.6) is 0 Å². The number of nitrogens with two attached hydrogens (primary N) is 1. The molecule has 1 aliphatic rings. The van der Waals surface area contributed by atoms with Crippen molar-refractivity contribution in [3.8, 4) is 0 Å². The standard InChI is InChI=1S/C10H16N2O4/c11-8(13)4-5-12-9(14)6-2-1-3-7(6)10(15)16/h6-7H,1-5H2,(H2,11,13)(H,12,14)(H,15,16). The lowest BCUT2D eigenvalue weighted by Crippen LogP contribution is -2.36. The molecule has 6 heteroatoms. The molecule has 1 aliphatic carbocycles. The van der Waals surface area contributed by atoms with Crippen LogP contribution in [0, 0.1) is 11.8 Å². The van der Waals surface area contributed by atoms with E-state index in [-0.39, 0.29) is 18.9 Å². The second-order valence-corrected chi connectivity index (χ2v) is 3.99. The summed E-state index contributed by atoms with van der Waals surface area (Å²) < 4.78 is 0.